The van der Waals surface area contributed by atoms with Gasteiger partial charge in [-0.05, 0) is 13.8 Å². The molecule has 0 radical (unpaired) electrons. The van der Waals surface area contributed by atoms with Crippen LogP contribution in [0.4, 0.5) is 0 Å². The van der Waals surface area contributed by atoms with Gasteiger partial charge >= 0.3 is 29.0 Å². The number of carboxylic acid groups (broad SMARTS) is 1. The van der Waals surface area contributed by atoms with Gasteiger partial charge in [0.25, 0.3) is 0 Å². The highest BCUT2D eigenvalue weighted by Gasteiger charge is 1.83. The summed E-state index contributed by atoms with van der Waals surface area (Å²) in [6, 6.07) is 0. The molecule has 0 saturated carbocycles. The van der Waals surface area contributed by atoms with Crippen molar-refractivity contribution in [3.63, 3.8) is 0 Å². The fraction of sp³-hybridized carbons (Fsp3) is 0.400. The van der Waals surface area contributed by atoms with Crippen LogP contribution < -0.4 is 0 Å². The van der Waals surface area contributed by atoms with Gasteiger partial charge in [-0.2, -0.15) is 0 Å². The Labute approximate surface area is 64.7 Å². The maximum absolute atomic E-state index is 9.73. The summed E-state index contributed by atoms with van der Waals surface area (Å²) >= 11 is 0. The van der Waals surface area contributed by atoms with E-state index in [-0.39, 0.29) is 23.1 Å². The Kier molecular flexibility index (Phi) is 6.96. The Hall–Kier alpha value is -0.0238. The van der Waals surface area contributed by atoms with Gasteiger partial charge in [0, 0.05) is 6.08 Å². The maximum atomic E-state index is 9.73. The molecule has 0 aliphatic heterocycles. The van der Waals surface area contributed by atoms with Gasteiger partial charge < -0.3 is 5.11 Å². The fourth-order valence-electron chi connectivity index (χ4n) is 0.247. The van der Waals surface area contributed by atoms with Crippen molar-refractivity contribution >= 4 is 29.0 Å². The van der Waals surface area contributed by atoms with Gasteiger partial charge in [-0.1, -0.05) is 5.57 Å². The quantitative estimate of drug-likeness (QED) is 0.400. The lowest BCUT2D eigenvalue weighted by molar-refractivity contribution is -0.131. The molecule has 0 fully saturated rings. The van der Waals surface area contributed by atoms with Gasteiger partial charge in [0.15, 0.2) is 0 Å². The number of hydrogen-bond donors (Lipinski definition) is 1. The van der Waals surface area contributed by atoms with E-state index in [0.29, 0.717) is 0 Å². The third-order valence-electron chi connectivity index (χ3n) is 0.412. The molecule has 0 aliphatic rings. The van der Waals surface area contributed by atoms with Crippen LogP contribution in [0.3, 0.4) is 0 Å². The van der Waals surface area contributed by atoms with Crippen molar-refractivity contribution in [3.8, 4) is 0 Å². The number of hydrogen-bond acceptors (Lipinski definition) is 1. The Morgan fingerprint density at radius 2 is 1.88 bits per heavy atom. The summed E-state index contributed by atoms with van der Waals surface area (Å²) in [7, 11) is 0. The second kappa shape index (κ2) is 5.12. The zero-order chi connectivity index (χ0) is 5.86. The number of allylic oxidation sites excluding steroid dienone is 1. The molecule has 0 amide bonds. The van der Waals surface area contributed by atoms with Crippen molar-refractivity contribution in [2.45, 2.75) is 13.8 Å². The van der Waals surface area contributed by atoms with Crippen LogP contribution in [0.15, 0.2) is 11.6 Å². The Morgan fingerprint density at radius 3 is 1.88 bits per heavy atom. The smallest absolute Gasteiger partial charge is 0.328 e. The van der Waals surface area contributed by atoms with E-state index in [9.17, 15) is 4.79 Å². The minimum absolute atomic E-state index is 0. The van der Waals surface area contributed by atoms with Gasteiger partial charge in [0.2, 0.25) is 0 Å². The van der Waals surface area contributed by atoms with Gasteiger partial charge in [-0.15, -0.1) is 0 Å². The van der Waals surface area contributed by atoms with Crippen LogP contribution >= 0.6 is 0 Å². The molecule has 0 heterocycles. The lowest BCUT2D eigenvalue weighted by Crippen LogP contribution is -1.86. The number of carboxylic acids is 1. The molecule has 0 unspecified atom stereocenters. The number of rotatable bonds is 1. The molecule has 0 bridgehead atoms. The average molecular weight is 126 g/mol. The Balaban J connectivity index is 0. The summed E-state index contributed by atoms with van der Waals surface area (Å²) in [5.41, 5.74) is 0.813. The first-order valence-electron chi connectivity index (χ1n) is 2.01. The Bertz CT molecular complexity index is 103. The average Bonchev–Trinajstić information content (AvgIpc) is 1.27. The zero-order valence-electron chi connectivity index (χ0n) is 4.43. The molecule has 0 aromatic carbocycles. The molecule has 0 atom stereocenters. The molecule has 0 saturated heterocycles. The van der Waals surface area contributed by atoms with E-state index in [1.165, 1.54) is 6.08 Å². The molecule has 2 nitrogen and oxygen atoms in total. The van der Waals surface area contributed by atoms with Crippen molar-refractivity contribution < 1.29 is 9.90 Å². The lowest BCUT2D eigenvalue weighted by Gasteiger charge is -1.79. The van der Waals surface area contributed by atoms with E-state index < -0.39 is 5.97 Å². The van der Waals surface area contributed by atoms with E-state index in [2.05, 4.69) is 0 Å². The first-order valence-corrected chi connectivity index (χ1v) is 2.01. The monoisotopic (exact) mass is 126 g/mol. The van der Waals surface area contributed by atoms with Crippen molar-refractivity contribution in [1.29, 1.82) is 0 Å². The largest absolute Gasteiger partial charge is 0.478 e. The maximum Gasteiger partial charge on any atom is 0.328 e. The topological polar surface area (TPSA) is 37.3 Å². The first-order chi connectivity index (χ1) is 3.13. The SMILES string of the molecule is CC(C)=CC(=O)O.[MgH2]. The van der Waals surface area contributed by atoms with Crippen molar-refractivity contribution in [1.82, 2.24) is 0 Å². The van der Waals surface area contributed by atoms with E-state index in [4.69, 9.17) is 5.11 Å². The van der Waals surface area contributed by atoms with Crippen LogP contribution in [0.25, 0.3) is 0 Å². The minimum Gasteiger partial charge on any atom is -0.478 e. The van der Waals surface area contributed by atoms with Crippen LogP contribution in [0.2, 0.25) is 0 Å². The molecular formula is C5H10MgO2. The number of aliphatic carboxylic acids is 1. The van der Waals surface area contributed by atoms with Crippen LogP contribution in [-0.4, -0.2) is 34.1 Å². The van der Waals surface area contributed by atoms with E-state index in [1.54, 1.807) is 13.8 Å². The zero-order valence-corrected chi connectivity index (χ0v) is 4.43. The molecular weight excluding hydrogens is 116 g/mol. The standard InChI is InChI=1S/C5H8O2.Mg.2H/c1-4(2)3-5(6)7;;;/h3H,1-2H3,(H,6,7);;;. The molecule has 44 valence electrons. The predicted octanol–water partition coefficient (Wildman–Crippen LogP) is 0.121. The fourth-order valence-corrected chi connectivity index (χ4v) is 0.247. The third kappa shape index (κ3) is 9.36. The summed E-state index contributed by atoms with van der Waals surface area (Å²) in [6.45, 7) is 3.49. The van der Waals surface area contributed by atoms with E-state index in [1.807, 2.05) is 0 Å². The summed E-state index contributed by atoms with van der Waals surface area (Å²) in [5.74, 6) is -0.875. The second-order valence-electron chi connectivity index (χ2n) is 1.56. The van der Waals surface area contributed by atoms with E-state index in [0.717, 1.165) is 5.57 Å². The third-order valence-corrected chi connectivity index (χ3v) is 0.412. The summed E-state index contributed by atoms with van der Waals surface area (Å²) in [5, 5.41) is 8.01. The molecule has 0 rings (SSSR count). The van der Waals surface area contributed by atoms with Gasteiger partial charge in [0.1, 0.15) is 0 Å². The minimum atomic E-state index is -0.875. The van der Waals surface area contributed by atoms with Crippen LogP contribution in [0, 0.1) is 0 Å². The molecule has 0 aliphatic carbocycles. The highest BCUT2D eigenvalue weighted by Crippen LogP contribution is 1.85. The van der Waals surface area contributed by atoms with E-state index >= 15 is 0 Å². The van der Waals surface area contributed by atoms with Gasteiger partial charge in [-0.3, -0.25) is 0 Å². The van der Waals surface area contributed by atoms with Crippen molar-refractivity contribution in [2.24, 2.45) is 0 Å². The van der Waals surface area contributed by atoms with Gasteiger partial charge in [0.05, 0.1) is 0 Å². The van der Waals surface area contributed by atoms with Crippen molar-refractivity contribution in [2.75, 3.05) is 0 Å². The molecule has 3 heteroatoms. The molecule has 8 heavy (non-hydrogen) atoms. The molecule has 0 aromatic rings. The highest BCUT2D eigenvalue weighted by atomic mass is 24.3. The normalized spacial score (nSPS) is 6.75. The lowest BCUT2D eigenvalue weighted by atomic mass is 10.3. The number of carbonyl (C=O) groups is 1. The van der Waals surface area contributed by atoms with Crippen LogP contribution in [0.5, 0.6) is 0 Å². The summed E-state index contributed by atoms with van der Waals surface area (Å²) < 4.78 is 0. The van der Waals surface area contributed by atoms with Crippen molar-refractivity contribution in [3.05, 3.63) is 11.6 Å². The second-order valence-corrected chi connectivity index (χ2v) is 1.56. The van der Waals surface area contributed by atoms with Crippen LogP contribution in [-0.2, 0) is 4.79 Å². The summed E-state index contributed by atoms with van der Waals surface area (Å²) in [4.78, 5) is 9.73. The highest BCUT2D eigenvalue weighted by molar-refractivity contribution is 5.80. The Morgan fingerprint density at radius 1 is 1.50 bits per heavy atom. The summed E-state index contributed by atoms with van der Waals surface area (Å²) in [6.07, 6.45) is 1.17. The molecule has 0 aromatic heterocycles. The predicted molar refractivity (Wildman–Crippen MR) is 35.6 cm³/mol. The van der Waals surface area contributed by atoms with Gasteiger partial charge in [-0.25, -0.2) is 4.79 Å². The molecule has 1 N–H and O–H groups in total. The molecule has 0 spiro atoms. The van der Waals surface area contributed by atoms with Crippen LogP contribution in [0.1, 0.15) is 13.8 Å². The first kappa shape index (κ1) is 10.9.